The quantitative estimate of drug-likeness (QED) is 0.796. The van der Waals surface area contributed by atoms with E-state index in [1.807, 2.05) is 45.0 Å². The van der Waals surface area contributed by atoms with Crippen molar-refractivity contribution in [2.75, 3.05) is 0 Å². The summed E-state index contributed by atoms with van der Waals surface area (Å²) in [5.41, 5.74) is 6.79. The number of aliphatic hydroxyl groups excluding tert-OH is 1. The Bertz CT molecular complexity index is 593. The predicted octanol–water partition coefficient (Wildman–Crippen LogP) is 3.37. The Kier molecular flexibility index (Phi) is 5.03. The minimum atomic E-state index is -0.609. The van der Waals surface area contributed by atoms with Gasteiger partial charge in [0.05, 0.1) is 12.1 Å². The van der Waals surface area contributed by atoms with Crippen molar-refractivity contribution < 1.29 is 10.2 Å². The van der Waals surface area contributed by atoms with Crippen LogP contribution in [0.5, 0.6) is 5.75 Å². The van der Waals surface area contributed by atoms with E-state index in [2.05, 4.69) is 0 Å². The van der Waals surface area contributed by atoms with E-state index in [1.54, 1.807) is 12.1 Å². The van der Waals surface area contributed by atoms with Crippen LogP contribution >= 0.6 is 12.4 Å². The van der Waals surface area contributed by atoms with Gasteiger partial charge in [-0.05, 0) is 39.9 Å². The first-order valence-electron chi connectivity index (χ1n) is 6.45. The summed E-state index contributed by atoms with van der Waals surface area (Å²) in [4.78, 5) is 0. The van der Waals surface area contributed by atoms with Gasteiger partial charge in [-0.1, -0.05) is 39.0 Å². The summed E-state index contributed by atoms with van der Waals surface area (Å²) < 4.78 is 0. The molecule has 2 aromatic rings. The molecule has 2 rings (SSSR count). The largest absolute Gasteiger partial charge is 0.508 e. The fourth-order valence-corrected chi connectivity index (χ4v) is 2.18. The molecule has 20 heavy (non-hydrogen) atoms. The molecule has 3 nitrogen and oxygen atoms in total. The Morgan fingerprint density at radius 3 is 2.15 bits per heavy atom. The second-order valence-electron chi connectivity index (χ2n) is 6.13. The summed E-state index contributed by atoms with van der Waals surface area (Å²) >= 11 is 0. The highest BCUT2D eigenvalue weighted by Gasteiger charge is 2.29. The first-order chi connectivity index (χ1) is 8.79. The molecule has 2 atom stereocenters. The zero-order chi connectivity index (χ0) is 14.2. The molecule has 0 amide bonds. The van der Waals surface area contributed by atoms with Crippen LogP contribution in [0, 0.1) is 5.41 Å². The van der Waals surface area contributed by atoms with Crippen molar-refractivity contribution in [3.8, 4) is 5.75 Å². The Balaban J connectivity index is 0.00000200. The van der Waals surface area contributed by atoms with E-state index in [9.17, 15) is 10.2 Å². The molecule has 0 aliphatic rings. The third-order valence-electron chi connectivity index (χ3n) is 3.46. The first kappa shape index (κ1) is 16.8. The summed E-state index contributed by atoms with van der Waals surface area (Å²) in [6.45, 7) is 5.91. The lowest BCUT2D eigenvalue weighted by Gasteiger charge is -2.31. The molecule has 4 N–H and O–H groups in total. The Labute approximate surface area is 125 Å². The molecule has 0 aliphatic heterocycles. The molecule has 0 aromatic heterocycles. The lowest BCUT2D eigenvalue weighted by atomic mass is 9.82. The maximum absolute atomic E-state index is 10.3. The molecule has 110 valence electrons. The molecule has 0 fully saturated rings. The summed E-state index contributed by atoms with van der Waals surface area (Å²) in [5, 5.41) is 21.7. The lowest BCUT2D eigenvalue weighted by Crippen LogP contribution is -2.36. The maximum Gasteiger partial charge on any atom is 0.116 e. The van der Waals surface area contributed by atoms with Gasteiger partial charge in [0.25, 0.3) is 0 Å². The van der Waals surface area contributed by atoms with Crippen LogP contribution in [0.1, 0.15) is 32.4 Å². The number of hydrogen-bond donors (Lipinski definition) is 3. The van der Waals surface area contributed by atoms with Crippen LogP contribution in [-0.4, -0.2) is 16.3 Å². The van der Waals surface area contributed by atoms with Gasteiger partial charge in [-0.15, -0.1) is 12.4 Å². The van der Waals surface area contributed by atoms with Gasteiger partial charge in [0.1, 0.15) is 5.75 Å². The number of hydrogen-bond acceptors (Lipinski definition) is 3. The third-order valence-corrected chi connectivity index (χ3v) is 3.46. The van der Waals surface area contributed by atoms with Crippen LogP contribution in [0.4, 0.5) is 0 Å². The van der Waals surface area contributed by atoms with E-state index in [0.29, 0.717) is 0 Å². The molecular weight excluding hydrogens is 274 g/mol. The van der Waals surface area contributed by atoms with Gasteiger partial charge in [-0.25, -0.2) is 0 Å². The van der Waals surface area contributed by atoms with Crippen molar-refractivity contribution in [1.29, 1.82) is 0 Å². The molecule has 0 spiro atoms. The van der Waals surface area contributed by atoms with E-state index in [4.69, 9.17) is 5.73 Å². The summed E-state index contributed by atoms with van der Waals surface area (Å²) in [5.74, 6) is 0.249. The molecule has 0 heterocycles. The number of nitrogens with two attached hydrogens (primary N) is 1. The minimum Gasteiger partial charge on any atom is -0.508 e. The smallest absolute Gasteiger partial charge is 0.116 e. The van der Waals surface area contributed by atoms with E-state index in [-0.39, 0.29) is 23.6 Å². The predicted molar refractivity (Wildman–Crippen MR) is 85.3 cm³/mol. The molecule has 0 bridgehead atoms. The third kappa shape index (κ3) is 3.42. The number of halogens is 1. The summed E-state index contributed by atoms with van der Waals surface area (Å²) in [6, 6.07) is 10.6. The highest BCUT2D eigenvalue weighted by molar-refractivity contribution is 5.85. The average Bonchev–Trinajstić information content (AvgIpc) is 2.35. The molecule has 2 aromatic carbocycles. The number of benzene rings is 2. The highest BCUT2D eigenvalue weighted by Crippen LogP contribution is 2.30. The van der Waals surface area contributed by atoms with Gasteiger partial charge in [0, 0.05) is 0 Å². The molecule has 0 aliphatic carbocycles. The van der Waals surface area contributed by atoms with Crippen LogP contribution in [-0.2, 0) is 0 Å². The Hall–Kier alpha value is -1.29. The number of fused-ring (bicyclic) bond motifs is 1. The van der Waals surface area contributed by atoms with Crippen molar-refractivity contribution in [2.45, 2.75) is 32.9 Å². The zero-order valence-electron chi connectivity index (χ0n) is 12.0. The van der Waals surface area contributed by atoms with Crippen molar-refractivity contribution in [1.82, 2.24) is 0 Å². The van der Waals surface area contributed by atoms with Crippen molar-refractivity contribution in [3.63, 3.8) is 0 Å². The molecule has 0 saturated heterocycles. The molecule has 4 heteroatoms. The minimum absolute atomic E-state index is 0. The van der Waals surface area contributed by atoms with Gasteiger partial charge in [-0.2, -0.15) is 0 Å². The van der Waals surface area contributed by atoms with E-state index < -0.39 is 12.1 Å². The van der Waals surface area contributed by atoms with Gasteiger partial charge < -0.3 is 15.9 Å². The number of phenolic OH excluding ortho intramolecular Hbond substituents is 1. The Morgan fingerprint density at radius 2 is 1.55 bits per heavy atom. The standard InChI is InChI=1S/C16H21NO2.ClH/c1-16(2,3)15(19)14(17)12-5-4-11-9-13(18)7-6-10(11)8-12;/h4-9,14-15,18-19H,17H2,1-3H3;1H/t14-,15-;/m1./s1. The fraction of sp³-hybridized carbons (Fsp3) is 0.375. The topological polar surface area (TPSA) is 66.5 Å². The normalized spacial score (nSPS) is 14.7. The van der Waals surface area contributed by atoms with Crippen molar-refractivity contribution in [3.05, 3.63) is 42.0 Å². The maximum atomic E-state index is 10.3. The average molecular weight is 296 g/mol. The summed E-state index contributed by atoms with van der Waals surface area (Å²) in [7, 11) is 0. The Morgan fingerprint density at radius 1 is 1.00 bits per heavy atom. The second kappa shape index (κ2) is 6.00. The van der Waals surface area contributed by atoms with Crippen LogP contribution in [0.15, 0.2) is 36.4 Å². The zero-order valence-corrected chi connectivity index (χ0v) is 12.8. The van der Waals surface area contributed by atoms with E-state index in [1.165, 1.54) is 0 Å². The number of phenols is 1. The SMILES string of the molecule is CC(C)(C)[C@H](O)[C@H](N)c1ccc2cc(O)ccc2c1.Cl. The number of aliphatic hydroxyl groups is 1. The fourth-order valence-electron chi connectivity index (χ4n) is 2.18. The molecule has 0 radical (unpaired) electrons. The van der Waals surface area contributed by atoms with Gasteiger partial charge >= 0.3 is 0 Å². The van der Waals surface area contributed by atoms with Gasteiger partial charge in [0.15, 0.2) is 0 Å². The first-order valence-corrected chi connectivity index (χ1v) is 6.45. The molecule has 0 unspecified atom stereocenters. The number of rotatable bonds is 2. The number of aromatic hydroxyl groups is 1. The summed E-state index contributed by atoms with van der Waals surface area (Å²) in [6.07, 6.45) is -0.609. The molecular formula is C16H22ClNO2. The second-order valence-corrected chi connectivity index (χ2v) is 6.13. The monoisotopic (exact) mass is 295 g/mol. The van der Waals surface area contributed by atoms with Crippen LogP contribution in [0.2, 0.25) is 0 Å². The van der Waals surface area contributed by atoms with Crippen molar-refractivity contribution in [2.24, 2.45) is 11.1 Å². The van der Waals surface area contributed by atoms with Gasteiger partial charge in [-0.3, -0.25) is 0 Å². The van der Waals surface area contributed by atoms with Crippen LogP contribution in [0.3, 0.4) is 0 Å². The van der Waals surface area contributed by atoms with E-state index >= 15 is 0 Å². The van der Waals surface area contributed by atoms with Gasteiger partial charge in [0.2, 0.25) is 0 Å². The molecule has 0 saturated carbocycles. The van der Waals surface area contributed by atoms with Crippen LogP contribution < -0.4 is 5.73 Å². The van der Waals surface area contributed by atoms with Crippen molar-refractivity contribution >= 4 is 23.2 Å². The van der Waals surface area contributed by atoms with Crippen LogP contribution in [0.25, 0.3) is 10.8 Å². The highest BCUT2D eigenvalue weighted by atomic mass is 35.5. The lowest BCUT2D eigenvalue weighted by molar-refractivity contribution is 0.0401. The van der Waals surface area contributed by atoms with E-state index in [0.717, 1.165) is 16.3 Å².